The molecule has 1 heterocycles. The molecule has 0 aliphatic rings. The summed E-state index contributed by atoms with van der Waals surface area (Å²) in [7, 11) is 1.60. The van der Waals surface area contributed by atoms with E-state index in [2.05, 4.69) is 20.8 Å². The maximum absolute atomic E-state index is 13.0. The van der Waals surface area contributed by atoms with Crippen LogP contribution in [0.5, 0.6) is 0 Å². The summed E-state index contributed by atoms with van der Waals surface area (Å²) in [5, 5.41) is 18.9. The summed E-state index contributed by atoms with van der Waals surface area (Å²) >= 11 is 0. The third kappa shape index (κ3) is 5.96. The number of carbonyl (C=O) groups excluding carboxylic acids is 2. The number of halogens is 1. The Morgan fingerprint density at radius 1 is 1.09 bits per heavy atom. The van der Waals surface area contributed by atoms with E-state index in [0.717, 1.165) is 18.6 Å². The molecule has 0 saturated carbocycles. The smallest absolute Gasteiger partial charge is 0.251 e. The highest BCUT2D eigenvalue weighted by Gasteiger charge is 2.22. The Kier molecular flexibility index (Phi) is 8.01. The van der Waals surface area contributed by atoms with Gasteiger partial charge in [0.1, 0.15) is 11.9 Å². The molecule has 0 aliphatic heterocycles. The maximum Gasteiger partial charge on any atom is 0.251 e. The Balaban J connectivity index is 1.64. The number of benzene rings is 2. The molecule has 0 saturated heterocycles. The van der Waals surface area contributed by atoms with Crippen molar-refractivity contribution >= 4 is 11.8 Å². The van der Waals surface area contributed by atoms with Crippen LogP contribution >= 0.6 is 0 Å². The van der Waals surface area contributed by atoms with Gasteiger partial charge >= 0.3 is 0 Å². The van der Waals surface area contributed by atoms with E-state index < -0.39 is 24.4 Å². The van der Waals surface area contributed by atoms with E-state index in [-0.39, 0.29) is 23.2 Å². The molecule has 0 radical (unpaired) electrons. The fourth-order valence-electron chi connectivity index (χ4n) is 2.81. The molecule has 10 heteroatoms. The molecule has 3 rings (SSSR count). The standard InChI is InChI=1S/C22H23FN4O5/c1-31-12-2-11-24-20(29)15-5-3-14(4-6-15)19-26-22(32-27-19)18(13-28)25-21(30)16-7-9-17(23)10-8-16/h3-10,18,28H,2,11-13H2,1H3,(H,24,29)(H,25,30). The fraction of sp³-hybridized carbons (Fsp3) is 0.273. The Hall–Kier alpha value is -3.63. The first kappa shape index (κ1) is 23.0. The van der Waals surface area contributed by atoms with E-state index in [1.165, 1.54) is 12.1 Å². The molecule has 3 N–H and O–H groups in total. The summed E-state index contributed by atoms with van der Waals surface area (Å²) in [6.07, 6.45) is 0.718. The van der Waals surface area contributed by atoms with Gasteiger partial charge in [-0.1, -0.05) is 17.3 Å². The Morgan fingerprint density at radius 3 is 2.41 bits per heavy atom. The van der Waals surface area contributed by atoms with Crippen molar-refractivity contribution in [1.29, 1.82) is 0 Å². The number of aliphatic hydroxyl groups excluding tert-OH is 1. The topological polar surface area (TPSA) is 127 Å². The van der Waals surface area contributed by atoms with Gasteiger partial charge in [-0.15, -0.1) is 0 Å². The van der Waals surface area contributed by atoms with E-state index in [1.807, 2.05) is 0 Å². The van der Waals surface area contributed by atoms with Gasteiger partial charge in [-0.2, -0.15) is 4.98 Å². The third-order valence-corrected chi connectivity index (χ3v) is 4.55. The van der Waals surface area contributed by atoms with E-state index in [4.69, 9.17) is 9.26 Å². The summed E-state index contributed by atoms with van der Waals surface area (Å²) in [5.74, 6) is -0.939. The second kappa shape index (κ2) is 11.1. The van der Waals surface area contributed by atoms with Crippen molar-refractivity contribution in [3.63, 3.8) is 0 Å². The molecular formula is C22H23FN4O5. The van der Waals surface area contributed by atoms with Crippen LogP contribution in [0.25, 0.3) is 11.4 Å². The van der Waals surface area contributed by atoms with Crippen LogP contribution in [0.1, 0.15) is 39.1 Å². The number of amides is 2. The molecule has 2 aromatic carbocycles. The minimum atomic E-state index is -0.939. The van der Waals surface area contributed by atoms with Crippen molar-refractivity contribution in [3.8, 4) is 11.4 Å². The van der Waals surface area contributed by atoms with Gasteiger partial charge in [0.25, 0.3) is 17.7 Å². The van der Waals surface area contributed by atoms with Crippen molar-refractivity contribution in [3.05, 3.63) is 71.4 Å². The number of hydrogen-bond acceptors (Lipinski definition) is 7. The van der Waals surface area contributed by atoms with Crippen LogP contribution in [0.15, 0.2) is 53.1 Å². The normalized spacial score (nSPS) is 11.7. The zero-order valence-corrected chi connectivity index (χ0v) is 17.4. The monoisotopic (exact) mass is 442 g/mol. The molecule has 2 amide bonds. The molecule has 0 spiro atoms. The minimum absolute atomic E-state index is 0.0120. The lowest BCUT2D eigenvalue weighted by molar-refractivity contribution is 0.0900. The van der Waals surface area contributed by atoms with Crippen LogP contribution in [-0.2, 0) is 4.74 Å². The number of aliphatic hydroxyl groups is 1. The highest BCUT2D eigenvalue weighted by molar-refractivity contribution is 5.95. The molecule has 1 aromatic heterocycles. The Bertz CT molecular complexity index is 1040. The van der Waals surface area contributed by atoms with Gasteiger partial charge in [-0.05, 0) is 42.8 Å². The molecule has 0 fully saturated rings. The highest BCUT2D eigenvalue weighted by Crippen LogP contribution is 2.20. The van der Waals surface area contributed by atoms with E-state index in [0.29, 0.717) is 24.3 Å². The van der Waals surface area contributed by atoms with Crippen LogP contribution in [0.3, 0.4) is 0 Å². The van der Waals surface area contributed by atoms with Crippen LogP contribution in [0.2, 0.25) is 0 Å². The van der Waals surface area contributed by atoms with Crippen molar-refractivity contribution in [2.75, 3.05) is 26.9 Å². The lowest BCUT2D eigenvalue weighted by Gasteiger charge is -2.12. The van der Waals surface area contributed by atoms with Crippen molar-refractivity contribution < 1.29 is 28.3 Å². The molecule has 1 unspecified atom stereocenters. The first-order valence-corrected chi connectivity index (χ1v) is 9.90. The molecular weight excluding hydrogens is 419 g/mol. The summed E-state index contributed by atoms with van der Waals surface area (Å²) in [6.45, 7) is 0.601. The second-order valence-electron chi connectivity index (χ2n) is 6.85. The maximum atomic E-state index is 13.0. The summed E-state index contributed by atoms with van der Waals surface area (Å²) in [4.78, 5) is 28.7. The number of carbonyl (C=O) groups is 2. The summed E-state index contributed by atoms with van der Waals surface area (Å²) in [5.41, 5.74) is 1.30. The van der Waals surface area contributed by atoms with Crippen LogP contribution < -0.4 is 10.6 Å². The van der Waals surface area contributed by atoms with E-state index in [9.17, 15) is 19.1 Å². The summed E-state index contributed by atoms with van der Waals surface area (Å²) in [6, 6.07) is 10.7. The SMILES string of the molecule is COCCCNC(=O)c1ccc(-c2noc(C(CO)NC(=O)c3ccc(F)cc3)n2)cc1. The third-order valence-electron chi connectivity index (χ3n) is 4.55. The predicted octanol–water partition coefficient (Wildman–Crippen LogP) is 2.11. The van der Waals surface area contributed by atoms with Gasteiger partial charge in [-0.25, -0.2) is 4.39 Å². The number of ether oxygens (including phenoxy) is 1. The zero-order chi connectivity index (χ0) is 22.9. The number of methoxy groups -OCH3 is 1. The Labute approximate surface area is 183 Å². The fourth-order valence-corrected chi connectivity index (χ4v) is 2.81. The first-order valence-electron chi connectivity index (χ1n) is 9.90. The average molecular weight is 442 g/mol. The van der Waals surface area contributed by atoms with Gasteiger partial charge in [0, 0.05) is 37.0 Å². The molecule has 168 valence electrons. The van der Waals surface area contributed by atoms with Gasteiger partial charge in [0.2, 0.25) is 5.82 Å². The Morgan fingerprint density at radius 2 is 1.75 bits per heavy atom. The number of hydrogen-bond donors (Lipinski definition) is 3. The first-order chi connectivity index (χ1) is 15.5. The van der Waals surface area contributed by atoms with Gasteiger partial charge < -0.3 is 25.0 Å². The molecule has 0 aliphatic carbocycles. The average Bonchev–Trinajstić information content (AvgIpc) is 3.30. The molecule has 0 bridgehead atoms. The van der Waals surface area contributed by atoms with Gasteiger partial charge in [-0.3, -0.25) is 9.59 Å². The van der Waals surface area contributed by atoms with Crippen LogP contribution in [-0.4, -0.2) is 53.9 Å². The van der Waals surface area contributed by atoms with Crippen molar-refractivity contribution in [2.24, 2.45) is 0 Å². The van der Waals surface area contributed by atoms with Gasteiger partial charge in [0.15, 0.2) is 0 Å². The zero-order valence-electron chi connectivity index (χ0n) is 17.4. The van der Waals surface area contributed by atoms with Crippen molar-refractivity contribution in [2.45, 2.75) is 12.5 Å². The number of aromatic nitrogens is 2. The van der Waals surface area contributed by atoms with Crippen LogP contribution in [0.4, 0.5) is 4.39 Å². The number of nitrogens with zero attached hydrogens (tertiary/aromatic N) is 2. The highest BCUT2D eigenvalue weighted by atomic mass is 19.1. The predicted molar refractivity (Wildman–Crippen MR) is 112 cm³/mol. The lowest BCUT2D eigenvalue weighted by Crippen LogP contribution is -2.31. The quantitative estimate of drug-likeness (QED) is 0.411. The minimum Gasteiger partial charge on any atom is -0.394 e. The molecule has 1 atom stereocenters. The molecule has 9 nitrogen and oxygen atoms in total. The van der Waals surface area contributed by atoms with Crippen molar-refractivity contribution in [1.82, 2.24) is 20.8 Å². The summed E-state index contributed by atoms with van der Waals surface area (Å²) < 4.78 is 23.2. The second-order valence-corrected chi connectivity index (χ2v) is 6.85. The lowest BCUT2D eigenvalue weighted by atomic mass is 10.1. The van der Waals surface area contributed by atoms with Crippen LogP contribution in [0, 0.1) is 5.82 Å². The van der Waals surface area contributed by atoms with Gasteiger partial charge in [0.05, 0.1) is 6.61 Å². The molecule has 3 aromatic rings. The molecule has 32 heavy (non-hydrogen) atoms. The van der Waals surface area contributed by atoms with E-state index in [1.54, 1.807) is 31.4 Å². The number of nitrogens with one attached hydrogen (secondary N) is 2. The number of rotatable bonds is 10. The van der Waals surface area contributed by atoms with E-state index >= 15 is 0 Å². The largest absolute Gasteiger partial charge is 0.394 e.